The lowest BCUT2D eigenvalue weighted by molar-refractivity contribution is -0.115. The van der Waals surface area contributed by atoms with Gasteiger partial charge in [-0.25, -0.2) is 9.07 Å². The zero-order valence-corrected chi connectivity index (χ0v) is 16.9. The summed E-state index contributed by atoms with van der Waals surface area (Å²) in [6.07, 6.45) is 0.409. The molecule has 1 heterocycles. The van der Waals surface area contributed by atoms with E-state index in [1.807, 2.05) is 19.1 Å². The summed E-state index contributed by atoms with van der Waals surface area (Å²) >= 11 is 1.20. The van der Waals surface area contributed by atoms with Crippen molar-refractivity contribution >= 4 is 23.4 Å². The summed E-state index contributed by atoms with van der Waals surface area (Å²) in [7, 11) is 0. The number of hydrogen-bond donors (Lipinski definition) is 2. The van der Waals surface area contributed by atoms with Crippen LogP contribution < -0.4 is 15.9 Å². The molecular weight excluding hydrogens is 393 g/mol. The average molecular weight is 415 g/mol. The van der Waals surface area contributed by atoms with Crippen LogP contribution in [0.15, 0.2) is 53.7 Å². The van der Waals surface area contributed by atoms with Gasteiger partial charge in [0.1, 0.15) is 11.6 Å². The van der Waals surface area contributed by atoms with Crippen molar-refractivity contribution in [1.29, 1.82) is 0 Å². The van der Waals surface area contributed by atoms with Gasteiger partial charge in [-0.15, -0.1) is 10.2 Å². The molecule has 0 saturated heterocycles. The summed E-state index contributed by atoms with van der Waals surface area (Å²) < 4.78 is 19.9. The SMILES string of the molecule is CCOc1ccccc1NC(=O)[C@@H](C)Sc1nnc(Cc2ccc(F)cc2)n1N. The Bertz CT molecular complexity index is 977. The average Bonchev–Trinajstić information content (AvgIpc) is 3.05. The second-order valence-electron chi connectivity index (χ2n) is 6.25. The Kier molecular flexibility index (Phi) is 6.71. The highest BCUT2D eigenvalue weighted by molar-refractivity contribution is 8.00. The maximum absolute atomic E-state index is 13.0. The van der Waals surface area contributed by atoms with Gasteiger partial charge in [0.05, 0.1) is 17.5 Å². The maximum Gasteiger partial charge on any atom is 0.237 e. The first-order valence-electron chi connectivity index (χ1n) is 9.11. The minimum Gasteiger partial charge on any atom is -0.492 e. The van der Waals surface area contributed by atoms with Crippen molar-refractivity contribution in [1.82, 2.24) is 14.9 Å². The van der Waals surface area contributed by atoms with Crippen LogP contribution in [0.1, 0.15) is 25.2 Å². The van der Waals surface area contributed by atoms with E-state index in [-0.39, 0.29) is 11.7 Å². The zero-order valence-electron chi connectivity index (χ0n) is 16.1. The number of nitrogens with two attached hydrogens (primary N) is 1. The summed E-state index contributed by atoms with van der Waals surface area (Å²) in [5, 5.41) is 11.0. The third kappa shape index (κ3) is 5.26. The van der Waals surface area contributed by atoms with Crippen LogP contribution in [-0.2, 0) is 11.2 Å². The Morgan fingerprint density at radius 2 is 1.97 bits per heavy atom. The van der Waals surface area contributed by atoms with E-state index in [0.29, 0.717) is 35.4 Å². The van der Waals surface area contributed by atoms with Gasteiger partial charge in [-0.3, -0.25) is 4.79 Å². The molecule has 3 rings (SSSR count). The van der Waals surface area contributed by atoms with Gasteiger partial charge >= 0.3 is 0 Å². The van der Waals surface area contributed by atoms with Gasteiger partial charge in [-0.05, 0) is 43.7 Å². The molecule has 0 bridgehead atoms. The van der Waals surface area contributed by atoms with Crippen molar-refractivity contribution in [2.45, 2.75) is 30.7 Å². The number of hydrogen-bond acceptors (Lipinski definition) is 6. The molecule has 0 aliphatic heterocycles. The lowest BCUT2D eigenvalue weighted by Gasteiger charge is -2.14. The zero-order chi connectivity index (χ0) is 20.8. The predicted molar refractivity (Wildman–Crippen MR) is 111 cm³/mol. The molecule has 2 aromatic carbocycles. The highest BCUT2D eigenvalue weighted by Gasteiger charge is 2.20. The fourth-order valence-corrected chi connectivity index (χ4v) is 3.38. The number of carbonyl (C=O) groups is 1. The first kappa shape index (κ1) is 20.7. The van der Waals surface area contributed by atoms with Gasteiger partial charge in [-0.2, -0.15) is 0 Å². The predicted octanol–water partition coefficient (Wildman–Crippen LogP) is 3.24. The van der Waals surface area contributed by atoms with Crippen molar-refractivity contribution in [3.05, 3.63) is 65.7 Å². The number of para-hydroxylation sites is 2. The van der Waals surface area contributed by atoms with Crippen LogP contribution >= 0.6 is 11.8 Å². The van der Waals surface area contributed by atoms with Crippen LogP contribution in [0.2, 0.25) is 0 Å². The van der Waals surface area contributed by atoms with Gasteiger partial charge < -0.3 is 15.9 Å². The fourth-order valence-electron chi connectivity index (χ4n) is 2.59. The van der Waals surface area contributed by atoms with Crippen LogP contribution in [0.3, 0.4) is 0 Å². The van der Waals surface area contributed by atoms with Crippen molar-refractivity contribution in [3.8, 4) is 5.75 Å². The quantitative estimate of drug-likeness (QED) is 0.433. The molecule has 1 amide bonds. The van der Waals surface area contributed by atoms with Crippen LogP contribution in [0.4, 0.5) is 10.1 Å². The molecule has 9 heteroatoms. The van der Waals surface area contributed by atoms with Gasteiger partial charge in [0.2, 0.25) is 11.1 Å². The number of nitrogen functional groups attached to an aromatic ring is 1. The van der Waals surface area contributed by atoms with Gasteiger partial charge in [0.25, 0.3) is 0 Å². The molecule has 3 N–H and O–H groups in total. The molecule has 29 heavy (non-hydrogen) atoms. The summed E-state index contributed by atoms with van der Waals surface area (Å²) in [4.78, 5) is 12.6. The first-order valence-corrected chi connectivity index (χ1v) is 9.99. The van der Waals surface area contributed by atoms with E-state index in [1.54, 1.807) is 31.2 Å². The van der Waals surface area contributed by atoms with E-state index in [4.69, 9.17) is 10.6 Å². The summed E-state index contributed by atoms with van der Waals surface area (Å²) in [6.45, 7) is 4.15. The minimum absolute atomic E-state index is 0.203. The summed E-state index contributed by atoms with van der Waals surface area (Å²) in [6, 6.07) is 13.4. The molecule has 0 aliphatic rings. The van der Waals surface area contributed by atoms with E-state index in [9.17, 15) is 9.18 Å². The number of anilines is 1. The molecular formula is C20H22FN5O2S. The Morgan fingerprint density at radius 3 is 2.69 bits per heavy atom. The number of thioether (sulfide) groups is 1. The van der Waals surface area contributed by atoms with Crippen LogP contribution in [-0.4, -0.2) is 32.6 Å². The number of carbonyl (C=O) groups excluding carboxylic acids is 1. The normalized spacial score (nSPS) is 11.8. The molecule has 152 valence electrons. The Hall–Kier alpha value is -3.07. The highest BCUT2D eigenvalue weighted by atomic mass is 32.2. The third-order valence-corrected chi connectivity index (χ3v) is 5.16. The first-order chi connectivity index (χ1) is 14.0. The van der Waals surface area contributed by atoms with Gasteiger partial charge in [-0.1, -0.05) is 36.0 Å². The number of halogens is 1. The molecule has 0 fully saturated rings. The second-order valence-corrected chi connectivity index (χ2v) is 7.56. The smallest absolute Gasteiger partial charge is 0.237 e. The number of nitrogens with one attached hydrogen (secondary N) is 1. The number of nitrogens with zero attached hydrogens (tertiary/aromatic N) is 3. The van der Waals surface area contributed by atoms with E-state index >= 15 is 0 Å². The van der Waals surface area contributed by atoms with Crippen molar-refractivity contribution in [3.63, 3.8) is 0 Å². The van der Waals surface area contributed by atoms with Crippen molar-refractivity contribution in [2.24, 2.45) is 0 Å². The van der Waals surface area contributed by atoms with Crippen LogP contribution in [0, 0.1) is 5.82 Å². The number of amides is 1. The molecule has 3 aromatic rings. The largest absolute Gasteiger partial charge is 0.492 e. The topological polar surface area (TPSA) is 95.1 Å². The van der Waals surface area contributed by atoms with Crippen LogP contribution in [0.25, 0.3) is 0 Å². The maximum atomic E-state index is 13.0. The fraction of sp³-hybridized carbons (Fsp3) is 0.250. The summed E-state index contributed by atoms with van der Waals surface area (Å²) in [5.74, 6) is 6.72. The highest BCUT2D eigenvalue weighted by Crippen LogP contribution is 2.27. The molecule has 1 aromatic heterocycles. The van der Waals surface area contributed by atoms with E-state index < -0.39 is 5.25 Å². The number of aromatic nitrogens is 3. The second kappa shape index (κ2) is 9.42. The van der Waals surface area contributed by atoms with E-state index in [0.717, 1.165) is 5.56 Å². The van der Waals surface area contributed by atoms with Crippen LogP contribution in [0.5, 0.6) is 5.75 Å². The van der Waals surface area contributed by atoms with Gasteiger partial charge in [0.15, 0.2) is 5.82 Å². The monoisotopic (exact) mass is 415 g/mol. The van der Waals surface area contributed by atoms with E-state index in [1.165, 1.54) is 28.6 Å². The van der Waals surface area contributed by atoms with Crippen molar-refractivity contribution < 1.29 is 13.9 Å². The Balaban J connectivity index is 1.64. The lowest BCUT2D eigenvalue weighted by Crippen LogP contribution is -2.24. The number of ether oxygens (including phenoxy) is 1. The Labute approximate surface area is 172 Å². The molecule has 0 saturated carbocycles. The van der Waals surface area contributed by atoms with E-state index in [2.05, 4.69) is 15.5 Å². The number of benzene rings is 2. The Morgan fingerprint density at radius 1 is 1.24 bits per heavy atom. The minimum atomic E-state index is -0.463. The van der Waals surface area contributed by atoms with Gasteiger partial charge in [0, 0.05) is 6.42 Å². The third-order valence-electron chi connectivity index (χ3n) is 4.11. The molecule has 0 spiro atoms. The molecule has 0 radical (unpaired) electrons. The van der Waals surface area contributed by atoms with Crippen molar-refractivity contribution in [2.75, 3.05) is 17.8 Å². The standard InChI is InChI=1S/C20H22FN5O2S/c1-3-28-17-7-5-4-6-16(17)23-19(27)13(2)29-20-25-24-18(26(20)22)12-14-8-10-15(21)11-9-14/h4-11,13H,3,12,22H2,1-2H3,(H,23,27)/t13-/m1/s1. The molecule has 0 unspecified atom stereocenters. The lowest BCUT2D eigenvalue weighted by atomic mass is 10.1. The number of rotatable bonds is 8. The molecule has 0 aliphatic carbocycles. The molecule has 1 atom stereocenters. The molecule has 7 nitrogen and oxygen atoms in total. The summed E-state index contributed by atoms with van der Waals surface area (Å²) in [5.41, 5.74) is 1.47.